The smallest absolute Gasteiger partial charge is 0.0715 e. The van der Waals surface area contributed by atoms with Crippen LogP contribution in [-0.4, -0.2) is 12.4 Å². The molecule has 0 fully saturated rings. The number of aryl methyl sites for hydroxylation is 2. The number of hydrogen-bond donors (Lipinski definition) is 1. The summed E-state index contributed by atoms with van der Waals surface area (Å²) in [6.07, 6.45) is 0. The van der Waals surface area contributed by atoms with Gasteiger partial charge < -0.3 is 5.41 Å². The van der Waals surface area contributed by atoms with Crippen molar-refractivity contribution < 1.29 is 0 Å². The van der Waals surface area contributed by atoms with Crippen LogP contribution in [0.25, 0.3) is 0 Å². The topological polar surface area (TPSA) is 36.2 Å². The van der Waals surface area contributed by atoms with Crippen LogP contribution in [0.3, 0.4) is 0 Å². The predicted molar refractivity (Wildman–Crippen MR) is 57.6 cm³/mol. The average molecular weight is 174 g/mol. The van der Waals surface area contributed by atoms with Gasteiger partial charge in [0, 0.05) is 11.3 Å². The van der Waals surface area contributed by atoms with Crippen LogP contribution in [0, 0.1) is 19.3 Å². The highest BCUT2D eigenvalue weighted by atomic mass is 14.7. The molecule has 2 nitrogen and oxygen atoms in total. The summed E-state index contributed by atoms with van der Waals surface area (Å²) in [6.45, 7) is 9.33. The fourth-order valence-corrected chi connectivity index (χ4v) is 1.23. The Morgan fingerprint density at radius 1 is 1.31 bits per heavy atom. The van der Waals surface area contributed by atoms with Crippen LogP contribution >= 0.6 is 0 Å². The van der Waals surface area contributed by atoms with E-state index in [0.29, 0.717) is 5.71 Å². The molecule has 0 amide bonds. The van der Waals surface area contributed by atoms with Gasteiger partial charge in [0.05, 0.1) is 5.69 Å². The van der Waals surface area contributed by atoms with Crippen LogP contribution in [0.15, 0.2) is 17.1 Å². The summed E-state index contributed by atoms with van der Waals surface area (Å²) in [5.74, 6) is 0. The molecule has 0 atom stereocenters. The van der Waals surface area contributed by atoms with Gasteiger partial charge in [-0.1, -0.05) is 0 Å². The fraction of sp³-hybridized carbons (Fsp3) is 0.273. The van der Waals surface area contributed by atoms with Crippen LogP contribution in [0.4, 0.5) is 5.69 Å². The molecule has 1 rings (SSSR count). The monoisotopic (exact) mass is 174 g/mol. The van der Waals surface area contributed by atoms with E-state index in [9.17, 15) is 0 Å². The number of aliphatic imine (C=N–C) groups is 1. The van der Waals surface area contributed by atoms with E-state index in [1.165, 1.54) is 11.1 Å². The predicted octanol–water partition coefficient (Wildman–Crippen LogP) is 3.02. The van der Waals surface area contributed by atoms with Crippen molar-refractivity contribution in [2.45, 2.75) is 20.8 Å². The number of benzene rings is 1. The van der Waals surface area contributed by atoms with E-state index in [0.717, 1.165) is 11.3 Å². The van der Waals surface area contributed by atoms with Crippen molar-refractivity contribution in [2.24, 2.45) is 4.99 Å². The molecule has 0 unspecified atom stereocenters. The maximum atomic E-state index is 7.56. The Morgan fingerprint density at radius 3 is 2.31 bits per heavy atom. The zero-order valence-electron chi connectivity index (χ0n) is 8.31. The molecule has 1 aromatic rings. The number of hydrogen-bond acceptors (Lipinski definition) is 2. The lowest BCUT2D eigenvalue weighted by molar-refractivity contribution is 1.31. The molecule has 0 aliphatic carbocycles. The van der Waals surface area contributed by atoms with Crippen molar-refractivity contribution in [1.29, 1.82) is 5.41 Å². The van der Waals surface area contributed by atoms with Crippen molar-refractivity contribution in [3.05, 3.63) is 28.8 Å². The highest BCUT2D eigenvalue weighted by Crippen LogP contribution is 2.23. The first-order valence-corrected chi connectivity index (χ1v) is 4.19. The molecule has 13 heavy (non-hydrogen) atoms. The van der Waals surface area contributed by atoms with Gasteiger partial charge >= 0.3 is 0 Å². The highest BCUT2D eigenvalue weighted by Gasteiger charge is 2.05. The van der Waals surface area contributed by atoms with Crippen molar-refractivity contribution in [1.82, 2.24) is 0 Å². The van der Waals surface area contributed by atoms with Gasteiger partial charge in [-0.2, -0.15) is 0 Å². The summed E-state index contributed by atoms with van der Waals surface area (Å²) in [4.78, 5) is 3.90. The molecule has 0 radical (unpaired) electrons. The summed E-state index contributed by atoms with van der Waals surface area (Å²) in [5, 5.41) is 7.56. The van der Waals surface area contributed by atoms with Gasteiger partial charge in [0.15, 0.2) is 0 Å². The summed E-state index contributed by atoms with van der Waals surface area (Å²) in [5.41, 5.74) is 4.58. The third-order valence-corrected chi connectivity index (χ3v) is 2.19. The molecule has 0 aliphatic heterocycles. The van der Waals surface area contributed by atoms with Gasteiger partial charge in [0.1, 0.15) is 0 Å². The second-order valence-electron chi connectivity index (χ2n) is 3.24. The van der Waals surface area contributed by atoms with Crippen molar-refractivity contribution in [3.63, 3.8) is 0 Å². The zero-order valence-corrected chi connectivity index (χ0v) is 8.31. The van der Waals surface area contributed by atoms with Gasteiger partial charge in [-0.3, -0.25) is 4.99 Å². The maximum absolute atomic E-state index is 7.56. The van der Waals surface area contributed by atoms with Crippen LogP contribution in [0.1, 0.15) is 23.6 Å². The molecule has 0 heterocycles. The first-order chi connectivity index (χ1) is 6.06. The molecule has 0 aliphatic rings. The van der Waals surface area contributed by atoms with E-state index in [2.05, 4.69) is 11.7 Å². The van der Waals surface area contributed by atoms with Gasteiger partial charge in [0.2, 0.25) is 0 Å². The summed E-state index contributed by atoms with van der Waals surface area (Å²) < 4.78 is 0. The van der Waals surface area contributed by atoms with Crippen LogP contribution in [0.5, 0.6) is 0 Å². The Balaban J connectivity index is 3.41. The second-order valence-corrected chi connectivity index (χ2v) is 3.24. The van der Waals surface area contributed by atoms with Gasteiger partial charge in [-0.15, -0.1) is 0 Å². The normalized spacial score (nSPS) is 9.77. The van der Waals surface area contributed by atoms with E-state index >= 15 is 0 Å². The molecule has 68 valence electrons. The molecule has 1 aromatic carbocycles. The Hall–Kier alpha value is -1.44. The number of nitrogens with one attached hydrogen (secondary N) is 1. The lowest BCUT2D eigenvalue weighted by atomic mass is 10.0. The third-order valence-electron chi connectivity index (χ3n) is 2.19. The maximum Gasteiger partial charge on any atom is 0.0715 e. The number of nitrogens with zero attached hydrogens (tertiary/aromatic N) is 1. The number of rotatable bonds is 2. The minimum atomic E-state index is 0.533. The Kier molecular flexibility index (Phi) is 2.61. The zero-order chi connectivity index (χ0) is 10.0. The van der Waals surface area contributed by atoms with E-state index < -0.39 is 0 Å². The molecule has 0 aromatic heterocycles. The minimum absolute atomic E-state index is 0.533. The first-order valence-electron chi connectivity index (χ1n) is 4.19. The molecule has 0 saturated carbocycles. The Labute approximate surface area is 78.8 Å². The van der Waals surface area contributed by atoms with E-state index in [1.807, 2.05) is 26.0 Å². The molecule has 0 spiro atoms. The van der Waals surface area contributed by atoms with Gasteiger partial charge in [-0.05, 0) is 50.7 Å². The molecular weight excluding hydrogens is 160 g/mol. The molecule has 1 N–H and O–H groups in total. The third kappa shape index (κ3) is 1.83. The van der Waals surface area contributed by atoms with Crippen LogP contribution in [-0.2, 0) is 0 Å². The lowest BCUT2D eigenvalue weighted by Gasteiger charge is -2.07. The molecule has 2 heteroatoms. The molecular formula is C11H14N2. The van der Waals surface area contributed by atoms with Crippen molar-refractivity contribution in [2.75, 3.05) is 0 Å². The van der Waals surface area contributed by atoms with E-state index in [1.54, 1.807) is 6.92 Å². The molecule has 0 saturated heterocycles. The summed E-state index contributed by atoms with van der Waals surface area (Å²) >= 11 is 0. The van der Waals surface area contributed by atoms with Gasteiger partial charge in [-0.25, -0.2) is 0 Å². The largest absolute Gasteiger partial charge is 0.305 e. The Morgan fingerprint density at radius 2 is 1.85 bits per heavy atom. The van der Waals surface area contributed by atoms with Crippen molar-refractivity contribution >= 4 is 18.1 Å². The second kappa shape index (κ2) is 3.52. The minimum Gasteiger partial charge on any atom is -0.305 e. The highest BCUT2D eigenvalue weighted by molar-refractivity contribution is 6.01. The van der Waals surface area contributed by atoms with Crippen molar-refractivity contribution in [3.8, 4) is 0 Å². The van der Waals surface area contributed by atoms with Crippen LogP contribution in [0.2, 0.25) is 0 Å². The Bertz CT molecular complexity index is 365. The van der Waals surface area contributed by atoms with Gasteiger partial charge in [0.25, 0.3) is 0 Å². The summed E-state index contributed by atoms with van der Waals surface area (Å²) in [7, 11) is 0. The fourth-order valence-electron chi connectivity index (χ4n) is 1.23. The quantitative estimate of drug-likeness (QED) is 0.669. The lowest BCUT2D eigenvalue weighted by Crippen LogP contribution is -1.95. The average Bonchev–Trinajstić information content (AvgIpc) is 2.08. The SMILES string of the molecule is C=Nc1cc(C)c(C)cc1C(C)=N. The van der Waals surface area contributed by atoms with E-state index in [4.69, 9.17) is 5.41 Å². The summed E-state index contributed by atoms with van der Waals surface area (Å²) in [6, 6.07) is 3.96. The standard InChI is InChI=1S/C11H14N2/c1-7-5-10(9(3)12)11(13-4)6-8(7)2/h5-6,12H,4H2,1-3H3. The van der Waals surface area contributed by atoms with Crippen LogP contribution < -0.4 is 0 Å². The van der Waals surface area contributed by atoms with E-state index in [-0.39, 0.29) is 0 Å². The first kappa shape index (κ1) is 9.65. The molecule has 0 bridgehead atoms.